The maximum atomic E-state index is 9.18. The van der Waals surface area contributed by atoms with Gasteiger partial charge in [0.15, 0.2) is 0 Å². The number of fused-ring (bicyclic) bond motifs is 1. The number of aromatic nitrogens is 1. The minimum Gasteiger partial charge on any atom is -0.389 e. The molecule has 1 N–H and O–H groups in total. The van der Waals surface area contributed by atoms with E-state index in [0.717, 1.165) is 36.8 Å². The Morgan fingerprint density at radius 3 is 2.71 bits per heavy atom. The molecule has 0 aliphatic carbocycles. The SMILES string of the molecule is [B]n1c(C#N)cc2cc(C3(Cc4ccccc4)CCNC3)ccc21. The number of nitriles is 1. The van der Waals surface area contributed by atoms with Crippen molar-refractivity contribution in [1.82, 2.24) is 9.79 Å². The number of hydrogen-bond donors (Lipinski definition) is 1. The molecule has 1 aliphatic rings. The molecule has 2 heterocycles. The van der Waals surface area contributed by atoms with E-state index in [1.54, 1.807) is 0 Å². The lowest BCUT2D eigenvalue weighted by Crippen LogP contribution is -2.31. The second-order valence-electron chi connectivity index (χ2n) is 6.65. The Labute approximate surface area is 143 Å². The Morgan fingerprint density at radius 1 is 1.17 bits per heavy atom. The molecule has 3 nitrogen and oxygen atoms in total. The fourth-order valence-corrected chi connectivity index (χ4v) is 3.88. The minimum atomic E-state index is 0.0963. The molecule has 0 saturated carbocycles. The Hall–Kier alpha value is -2.51. The van der Waals surface area contributed by atoms with E-state index in [1.165, 1.54) is 15.6 Å². The van der Waals surface area contributed by atoms with Crippen LogP contribution < -0.4 is 5.32 Å². The van der Waals surface area contributed by atoms with Gasteiger partial charge in [0.1, 0.15) is 11.8 Å². The molecule has 1 aliphatic heterocycles. The first-order valence-corrected chi connectivity index (χ1v) is 8.28. The predicted molar refractivity (Wildman–Crippen MR) is 97.1 cm³/mol. The average molecular weight is 311 g/mol. The van der Waals surface area contributed by atoms with Crippen molar-refractivity contribution in [3.8, 4) is 6.07 Å². The molecule has 3 aromatic rings. The van der Waals surface area contributed by atoms with Gasteiger partial charge in [0.05, 0.1) is 0 Å². The van der Waals surface area contributed by atoms with Gasteiger partial charge in [0.25, 0.3) is 0 Å². The van der Waals surface area contributed by atoms with Gasteiger partial charge in [-0.05, 0) is 48.7 Å². The van der Waals surface area contributed by atoms with Crippen LogP contribution >= 0.6 is 0 Å². The van der Waals surface area contributed by atoms with Gasteiger partial charge in [0, 0.05) is 22.9 Å². The molecular weight excluding hydrogens is 293 g/mol. The van der Waals surface area contributed by atoms with E-state index >= 15 is 0 Å². The lowest BCUT2D eigenvalue weighted by molar-refractivity contribution is 0.468. The van der Waals surface area contributed by atoms with Crippen LogP contribution in [0.25, 0.3) is 10.9 Å². The summed E-state index contributed by atoms with van der Waals surface area (Å²) >= 11 is 0. The van der Waals surface area contributed by atoms with E-state index in [-0.39, 0.29) is 5.41 Å². The summed E-state index contributed by atoms with van der Waals surface area (Å²) in [5, 5.41) is 13.7. The molecule has 1 fully saturated rings. The van der Waals surface area contributed by atoms with Crippen LogP contribution in [0.2, 0.25) is 0 Å². The number of nitrogens with zero attached hydrogens (tertiary/aromatic N) is 2. The predicted octanol–water partition coefficient (Wildman–Crippen LogP) is 2.92. The van der Waals surface area contributed by atoms with Crippen molar-refractivity contribution in [2.45, 2.75) is 18.3 Å². The first-order chi connectivity index (χ1) is 11.7. The van der Waals surface area contributed by atoms with E-state index in [9.17, 15) is 5.26 Å². The fraction of sp³-hybridized carbons (Fsp3) is 0.250. The molecule has 4 heteroatoms. The van der Waals surface area contributed by atoms with E-state index < -0.39 is 0 Å². The summed E-state index contributed by atoms with van der Waals surface area (Å²) in [7, 11) is 5.99. The normalized spacial score (nSPS) is 20.3. The monoisotopic (exact) mass is 311 g/mol. The highest BCUT2D eigenvalue weighted by Gasteiger charge is 2.35. The van der Waals surface area contributed by atoms with Crippen LogP contribution in [0.4, 0.5) is 0 Å². The van der Waals surface area contributed by atoms with Crippen LogP contribution in [-0.2, 0) is 11.8 Å². The van der Waals surface area contributed by atoms with Crippen molar-refractivity contribution in [1.29, 1.82) is 5.26 Å². The van der Waals surface area contributed by atoms with Crippen LogP contribution in [0.1, 0.15) is 23.2 Å². The number of nitrogens with one attached hydrogen (secondary N) is 1. The first kappa shape index (κ1) is 15.0. The molecule has 2 aromatic carbocycles. The molecule has 1 aromatic heterocycles. The molecule has 0 bridgehead atoms. The van der Waals surface area contributed by atoms with E-state index in [2.05, 4.69) is 53.9 Å². The zero-order valence-electron chi connectivity index (χ0n) is 13.5. The Kier molecular flexibility index (Phi) is 3.67. The highest BCUT2D eigenvalue weighted by Crippen LogP contribution is 2.36. The summed E-state index contributed by atoms with van der Waals surface area (Å²) in [6, 6.07) is 21.1. The lowest BCUT2D eigenvalue weighted by Gasteiger charge is -2.29. The molecule has 1 unspecified atom stereocenters. The van der Waals surface area contributed by atoms with Gasteiger partial charge >= 0.3 is 0 Å². The Bertz CT molecular complexity index is 915. The van der Waals surface area contributed by atoms with E-state index in [1.807, 2.05) is 12.1 Å². The lowest BCUT2D eigenvalue weighted by atomic mass is 9.74. The second kappa shape index (κ2) is 5.85. The summed E-state index contributed by atoms with van der Waals surface area (Å²) in [5.41, 5.74) is 4.16. The molecule has 0 spiro atoms. The first-order valence-electron chi connectivity index (χ1n) is 8.28. The van der Waals surface area contributed by atoms with E-state index in [0.29, 0.717) is 5.69 Å². The Balaban J connectivity index is 1.79. The van der Waals surface area contributed by atoms with Gasteiger partial charge in [-0.25, -0.2) is 0 Å². The molecule has 2 radical (unpaired) electrons. The summed E-state index contributed by atoms with van der Waals surface area (Å²) in [6.07, 6.45) is 2.13. The fourth-order valence-electron chi connectivity index (χ4n) is 3.88. The van der Waals surface area contributed by atoms with Crippen molar-refractivity contribution in [3.63, 3.8) is 0 Å². The maximum absolute atomic E-state index is 9.18. The van der Waals surface area contributed by atoms with Gasteiger partial charge in [-0.15, -0.1) is 0 Å². The molecule has 24 heavy (non-hydrogen) atoms. The topological polar surface area (TPSA) is 40.8 Å². The van der Waals surface area contributed by atoms with Crippen molar-refractivity contribution in [3.05, 3.63) is 71.4 Å². The molecule has 0 amide bonds. The summed E-state index contributed by atoms with van der Waals surface area (Å²) in [4.78, 5) is 0. The van der Waals surface area contributed by atoms with Crippen LogP contribution in [0.3, 0.4) is 0 Å². The standard InChI is InChI=1S/C20H18BN3/c21-24-18(13-22)11-16-10-17(6-7-19(16)24)20(8-9-23-14-20)12-15-4-2-1-3-5-15/h1-7,10-11,23H,8-9,12,14H2. The third-order valence-electron chi connectivity index (χ3n) is 5.19. The minimum absolute atomic E-state index is 0.0963. The van der Waals surface area contributed by atoms with Crippen LogP contribution in [-0.4, -0.2) is 25.5 Å². The molecular formula is C20H18BN3. The third-order valence-corrected chi connectivity index (χ3v) is 5.19. The number of rotatable bonds is 3. The third kappa shape index (κ3) is 2.42. The van der Waals surface area contributed by atoms with E-state index in [4.69, 9.17) is 7.98 Å². The van der Waals surface area contributed by atoms with Crippen molar-refractivity contribution < 1.29 is 0 Å². The maximum Gasteiger partial charge on any atom is 0.235 e. The van der Waals surface area contributed by atoms with Crippen molar-refractivity contribution >= 4 is 18.9 Å². The number of hydrogen-bond acceptors (Lipinski definition) is 2. The van der Waals surface area contributed by atoms with Gasteiger partial charge in [-0.2, -0.15) is 5.26 Å². The number of benzene rings is 2. The van der Waals surface area contributed by atoms with Crippen LogP contribution in [0, 0.1) is 11.3 Å². The highest BCUT2D eigenvalue weighted by atomic mass is 14.9. The van der Waals surface area contributed by atoms with Gasteiger partial charge in [0.2, 0.25) is 7.98 Å². The van der Waals surface area contributed by atoms with Gasteiger partial charge in [-0.1, -0.05) is 36.4 Å². The van der Waals surface area contributed by atoms with Crippen molar-refractivity contribution in [2.75, 3.05) is 13.1 Å². The smallest absolute Gasteiger partial charge is 0.235 e. The quantitative estimate of drug-likeness (QED) is 0.756. The van der Waals surface area contributed by atoms with Gasteiger partial charge < -0.3 is 9.79 Å². The molecule has 1 saturated heterocycles. The zero-order valence-corrected chi connectivity index (χ0v) is 13.5. The Morgan fingerprint density at radius 2 is 2.00 bits per heavy atom. The summed E-state index contributed by atoms with van der Waals surface area (Å²) in [6.45, 7) is 2.01. The molecule has 116 valence electrons. The second-order valence-corrected chi connectivity index (χ2v) is 6.65. The molecule has 4 rings (SSSR count). The summed E-state index contributed by atoms with van der Waals surface area (Å²) in [5.74, 6) is 0. The van der Waals surface area contributed by atoms with Crippen LogP contribution in [0.15, 0.2) is 54.6 Å². The van der Waals surface area contributed by atoms with Crippen LogP contribution in [0.5, 0.6) is 0 Å². The summed E-state index contributed by atoms with van der Waals surface area (Å²) < 4.78 is 1.47. The van der Waals surface area contributed by atoms with Gasteiger partial charge in [-0.3, -0.25) is 0 Å². The zero-order chi connectivity index (χ0) is 16.6. The van der Waals surface area contributed by atoms with Crippen molar-refractivity contribution in [2.24, 2.45) is 0 Å². The average Bonchev–Trinajstić information content (AvgIpc) is 3.21. The highest BCUT2D eigenvalue weighted by molar-refractivity contribution is 6.12. The molecule has 1 atom stereocenters. The largest absolute Gasteiger partial charge is 0.389 e.